The number of hydrogen-bond acceptors (Lipinski definition) is 4. The molecule has 0 aliphatic carbocycles. The van der Waals surface area contributed by atoms with E-state index in [2.05, 4.69) is 10.2 Å². The highest BCUT2D eigenvalue weighted by molar-refractivity contribution is 6.37. The molecular formula is C13H12Cl2N2O3. The predicted octanol–water partition coefficient (Wildman–Crippen LogP) is 2.79. The lowest BCUT2D eigenvalue weighted by Crippen LogP contribution is -2.10. The molecule has 5 nitrogen and oxygen atoms in total. The zero-order valence-electron chi connectivity index (χ0n) is 10.4. The zero-order chi connectivity index (χ0) is 14.5. The van der Waals surface area contributed by atoms with E-state index in [0.717, 1.165) is 0 Å². The van der Waals surface area contributed by atoms with Gasteiger partial charge in [0.05, 0.1) is 22.3 Å². The molecule has 7 heteroatoms. The third-order valence-electron chi connectivity index (χ3n) is 2.58. The van der Waals surface area contributed by atoms with Crippen LogP contribution in [0.3, 0.4) is 0 Å². The summed E-state index contributed by atoms with van der Waals surface area (Å²) in [5.74, 6) is 0.109. The van der Waals surface area contributed by atoms with Gasteiger partial charge in [-0.25, -0.2) is 5.10 Å². The molecule has 0 bridgehead atoms. The molecule has 2 N–H and O–H groups in total. The fourth-order valence-corrected chi connectivity index (χ4v) is 2.12. The number of aromatic nitrogens is 2. The molecule has 106 valence electrons. The summed E-state index contributed by atoms with van der Waals surface area (Å²) in [6, 6.07) is 6.47. The summed E-state index contributed by atoms with van der Waals surface area (Å²) >= 11 is 11.9. The van der Waals surface area contributed by atoms with Crippen LogP contribution in [-0.4, -0.2) is 21.9 Å². The van der Waals surface area contributed by atoms with Crippen molar-refractivity contribution in [2.24, 2.45) is 0 Å². The molecule has 0 fully saturated rings. The number of benzene rings is 1. The molecule has 2 rings (SSSR count). The van der Waals surface area contributed by atoms with Crippen molar-refractivity contribution in [1.82, 2.24) is 10.2 Å². The van der Waals surface area contributed by atoms with Gasteiger partial charge >= 0.3 is 5.56 Å². The summed E-state index contributed by atoms with van der Waals surface area (Å²) in [6.07, 6.45) is 1.19. The molecule has 2 aromatic rings. The van der Waals surface area contributed by atoms with Crippen LogP contribution >= 0.6 is 23.2 Å². The van der Waals surface area contributed by atoms with Gasteiger partial charge in [0.2, 0.25) is 0 Å². The Kier molecular flexibility index (Phi) is 4.87. The molecule has 0 amide bonds. The van der Waals surface area contributed by atoms with Gasteiger partial charge in [0.15, 0.2) is 11.5 Å². The molecule has 0 aliphatic rings. The first kappa shape index (κ1) is 14.7. The summed E-state index contributed by atoms with van der Waals surface area (Å²) in [6.45, 7) is 0.394. The van der Waals surface area contributed by atoms with Gasteiger partial charge in [-0.15, -0.1) is 0 Å². The topological polar surface area (TPSA) is 75.2 Å². The van der Waals surface area contributed by atoms with Crippen LogP contribution in [0.4, 0.5) is 0 Å². The van der Waals surface area contributed by atoms with Crippen molar-refractivity contribution in [2.75, 3.05) is 6.61 Å². The van der Waals surface area contributed by atoms with Crippen molar-refractivity contribution in [3.8, 4) is 11.5 Å². The van der Waals surface area contributed by atoms with Gasteiger partial charge < -0.3 is 9.84 Å². The van der Waals surface area contributed by atoms with Crippen molar-refractivity contribution >= 4 is 23.2 Å². The van der Waals surface area contributed by atoms with Crippen LogP contribution in [0.1, 0.15) is 12.1 Å². The van der Waals surface area contributed by atoms with Crippen LogP contribution in [0, 0.1) is 0 Å². The molecule has 0 spiro atoms. The van der Waals surface area contributed by atoms with Gasteiger partial charge in [-0.2, -0.15) is 5.10 Å². The number of nitrogens with zero attached hydrogens (tertiary/aromatic N) is 1. The number of ether oxygens (including phenoxy) is 1. The lowest BCUT2D eigenvalue weighted by atomic mass is 10.2. The standard InChI is InChI=1S/C13H12Cl2N2O3/c14-9-4-1-5-10(15)12(9)20-6-2-3-8-7-11(18)13(19)17-16-8/h1,4-5,7H,2-3,6H2,(H,16,18)(H,17,19). The van der Waals surface area contributed by atoms with Gasteiger partial charge in [-0.3, -0.25) is 4.79 Å². The largest absolute Gasteiger partial charge is 0.503 e. The van der Waals surface area contributed by atoms with Crippen molar-refractivity contribution < 1.29 is 9.84 Å². The maximum atomic E-state index is 10.9. The number of aryl methyl sites for hydroxylation is 1. The van der Waals surface area contributed by atoms with Crippen LogP contribution in [-0.2, 0) is 6.42 Å². The molecular weight excluding hydrogens is 303 g/mol. The van der Waals surface area contributed by atoms with Gasteiger partial charge in [-0.1, -0.05) is 29.3 Å². The number of aromatic amines is 1. The zero-order valence-corrected chi connectivity index (χ0v) is 11.9. The molecule has 1 aromatic heterocycles. The maximum Gasteiger partial charge on any atom is 0.306 e. The van der Waals surface area contributed by atoms with Crippen LogP contribution in [0.15, 0.2) is 29.1 Å². The van der Waals surface area contributed by atoms with E-state index in [4.69, 9.17) is 27.9 Å². The van der Waals surface area contributed by atoms with E-state index >= 15 is 0 Å². The number of halogens is 2. The highest BCUT2D eigenvalue weighted by Crippen LogP contribution is 2.32. The van der Waals surface area contributed by atoms with Crippen molar-refractivity contribution in [1.29, 1.82) is 0 Å². The third kappa shape index (κ3) is 3.65. The monoisotopic (exact) mass is 314 g/mol. The van der Waals surface area contributed by atoms with E-state index in [0.29, 0.717) is 40.9 Å². The minimum absolute atomic E-state index is 0.343. The highest BCUT2D eigenvalue weighted by atomic mass is 35.5. The van der Waals surface area contributed by atoms with Gasteiger partial charge in [0.1, 0.15) is 0 Å². The minimum Gasteiger partial charge on any atom is -0.503 e. The quantitative estimate of drug-likeness (QED) is 0.832. The number of H-pyrrole nitrogens is 1. The first-order valence-electron chi connectivity index (χ1n) is 5.92. The van der Waals surface area contributed by atoms with Gasteiger partial charge in [0.25, 0.3) is 0 Å². The fourth-order valence-electron chi connectivity index (χ4n) is 1.61. The number of hydrogen-bond donors (Lipinski definition) is 2. The molecule has 0 unspecified atom stereocenters. The van der Waals surface area contributed by atoms with Crippen LogP contribution in [0.2, 0.25) is 10.0 Å². The number of nitrogens with one attached hydrogen (secondary N) is 1. The fraction of sp³-hybridized carbons (Fsp3) is 0.231. The Bertz CT molecular complexity index is 638. The highest BCUT2D eigenvalue weighted by Gasteiger charge is 2.06. The molecule has 0 radical (unpaired) electrons. The summed E-state index contributed by atoms with van der Waals surface area (Å²) < 4.78 is 5.52. The van der Waals surface area contributed by atoms with E-state index in [1.54, 1.807) is 18.2 Å². The normalized spacial score (nSPS) is 10.5. The molecule has 0 atom stereocenters. The lowest BCUT2D eigenvalue weighted by molar-refractivity contribution is 0.310. The van der Waals surface area contributed by atoms with Gasteiger partial charge in [0, 0.05) is 6.07 Å². The summed E-state index contributed by atoms with van der Waals surface area (Å²) in [4.78, 5) is 10.9. The number of para-hydroxylation sites is 1. The number of rotatable bonds is 5. The van der Waals surface area contributed by atoms with Crippen molar-refractivity contribution in [2.45, 2.75) is 12.8 Å². The van der Waals surface area contributed by atoms with Crippen LogP contribution < -0.4 is 10.3 Å². The Morgan fingerprint density at radius 1 is 1.30 bits per heavy atom. The molecule has 20 heavy (non-hydrogen) atoms. The Morgan fingerprint density at radius 3 is 2.65 bits per heavy atom. The second kappa shape index (κ2) is 6.63. The van der Waals surface area contributed by atoms with Crippen molar-refractivity contribution in [3.63, 3.8) is 0 Å². The molecule has 0 saturated heterocycles. The van der Waals surface area contributed by atoms with E-state index in [1.807, 2.05) is 0 Å². The Hall–Kier alpha value is -1.72. The number of aromatic hydroxyl groups is 1. The molecule has 0 aliphatic heterocycles. The van der Waals surface area contributed by atoms with E-state index in [1.165, 1.54) is 6.07 Å². The van der Waals surface area contributed by atoms with E-state index in [-0.39, 0.29) is 5.75 Å². The predicted molar refractivity (Wildman–Crippen MR) is 76.8 cm³/mol. The molecule has 0 saturated carbocycles. The van der Waals surface area contributed by atoms with E-state index < -0.39 is 5.56 Å². The maximum absolute atomic E-state index is 10.9. The lowest BCUT2D eigenvalue weighted by Gasteiger charge is -2.09. The summed E-state index contributed by atoms with van der Waals surface area (Å²) in [7, 11) is 0. The van der Waals surface area contributed by atoms with Crippen molar-refractivity contribution in [3.05, 3.63) is 50.4 Å². The Labute approximate surface area is 125 Å². The van der Waals surface area contributed by atoms with Crippen LogP contribution in [0.5, 0.6) is 11.5 Å². The Morgan fingerprint density at radius 2 is 2.00 bits per heavy atom. The van der Waals surface area contributed by atoms with Crippen LogP contribution in [0.25, 0.3) is 0 Å². The second-order valence-corrected chi connectivity index (χ2v) is 4.89. The average molecular weight is 315 g/mol. The first-order chi connectivity index (χ1) is 9.58. The molecule has 1 heterocycles. The first-order valence-corrected chi connectivity index (χ1v) is 6.68. The minimum atomic E-state index is -0.604. The average Bonchev–Trinajstić information content (AvgIpc) is 2.41. The van der Waals surface area contributed by atoms with Gasteiger partial charge in [-0.05, 0) is 25.0 Å². The SMILES string of the molecule is O=c1[nH]nc(CCCOc2c(Cl)cccc2Cl)cc1O. The third-order valence-corrected chi connectivity index (χ3v) is 3.17. The smallest absolute Gasteiger partial charge is 0.306 e. The Balaban J connectivity index is 1.87. The summed E-state index contributed by atoms with van der Waals surface area (Å²) in [5.41, 5.74) is -0.0243. The molecule has 1 aromatic carbocycles. The second-order valence-electron chi connectivity index (χ2n) is 4.08. The van der Waals surface area contributed by atoms with E-state index in [9.17, 15) is 9.90 Å². The summed E-state index contributed by atoms with van der Waals surface area (Å²) in [5, 5.41) is 16.2.